The number of rotatable bonds is 3. The second-order valence-electron chi connectivity index (χ2n) is 7.33. The SMILES string of the molecule is CC(C)c1ccc2c(cnn2SI)c1B1OC(C)(C)C(C)(C)O1. The highest BCUT2D eigenvalue weighted by molar-refractivity contribution is 14.2. The van der Waals surface area contributed by atoms with E-state index in [0.29, 0.717) is 5.92 Å². The smallest absolute Gasteiger partial charge is 0.399 e. The maximum Gasteiger partial charge on any atom is 0.495 e. The van der Waals surface area contributed by atoms with Crippen LogP contribution < -0.4 is 5.46 Å². The molecule has 124 valence electrons. The standard InChI is InChI=1S/C16H22BIN2O2S/c1-10(2)11-7-8-13-12(9-19-20(13)23-18)14(11)17-21-15(3,4)16(5,6)22-17/h7-10H,1-6H3. The van der Waals surface area contributed by atoms with Crippen molar-refractivity contribution < 1.29 is 9.31 Å². The summed E-state index contributed by atoms with van der Waals surface area (Å²) in [5.74, 6) is 0.393. The van der Waals surface area contributed by atoms with Gasteiger partial charge in [-0.05, 0) is 50.7 Å². The van der Waals surface area contributed by atoms with Crippen LogP contribution >= 0.6 is 30.3 Å². The first-order chi connectivity index (χ1) is 10.7. The molecule has 23 heavy (non-hydrogen) atoms. The Morgan fingerprint density at radius 2 is 1.78 bits per heavy atom. The Bertz CT molecular complexity index is 729. The van der Waals surface area contributed by atoms with Crippen LogP contribution in [0.3, 0.4) is 0 Å². The van der Waals surface area contributed by atoms with Gasteiger partial charge in [-0.15, -0.1) is 0 Å². The number of halogens is 1. The van der Waals surface area contributed by atoms with Gasteiger partial charge in [-0.25, -0.2) is 0 Å². The van der Waals surface area contributed by atoms with Crippen molar-refractivity contribution in [1.29, 1.82) is 0 Å². The molecule has 0 spiro atoms. The van der Waals surface area contributed by atoms with E-state index >= 15 is 0 Å². The van der Waals surface area contributed by atoms with Gasteiger partial charge in [0.05, 0.1) is 22.9 Å². The summed E-state index contributed by atoms with van der Waals surface area (Å²) in [5, 5.41) is 5.59. The van der Waals surface area contributed by atoms with Crippen LogP contribution in [-0.4, -0.2) is 27.5 Å². The summed E-state index contributed by atoms with van der Waals surface area (Å²) in [4.78, 5) is 0. The van der Waals surface area contributed by atoms with Crippen molar-refractivity contribution in [3.05, 3.63) is 23.9 Å². The van der Waals surface area contributed by atoms with Gasteiger partial charge < -0.3 is 9.31 Å². The first kappa shape index (κ1) is 17.6. The minimum Gasteiger partial charge on any atom is -0.399 e. The Morgan fingerprint density at radius 1 is 1.17 bits per heavy atom. The summed E-state index contributed by atoms with van der Waals surface area (Å²) in [6, 6.07) is 4.32. The number of hydrogen-bond acceptors (Lipinski definition) is 4. The molecule has 2 aromatic rings. The van der Waals surface area contributed by atoms with E-state index in [2.05, 4.69) is 80.0 Å². The lowest BCUT2D eigenvalue weighted by atomic mass is 9.72. The molecular formula is C16H22BIN2O2S. The molecule has 1 aromatic heterocycles. The fraction of sp³-hybridized carbons (Fsp3) is 0.562. The van der Waals surface area contributed by atoms with Gasteiger partial charge in [0.15, 0.2) is 0 Å². The van der Waals surface area contributed by atoms with E-state index in [-0.39, 0.29) is 18.3 Å². The molecule has 0 radical (unpaired) electrons. The van der Waals surface area contributed by atoms with Crippen molar-refractivity contribution in [2.45, 2.75) is 58.7 Å². The van der Waals surface area contributed by atoms with Gasteiger partial charge in [-0.2, -0.15) is 9.19 Å². The molecule has 1 aromatic carbocycles. The predicted molar refractivity (Wildman–Crippen MR) is 107 cm³/mol. The van der Waals surface area contributed by atoms with Crippen molar-refractivity contribution in [3.63, 3.8) is 0 Å². The van der Waals surface area contributed by atoms with Crippen molar-refractivity contribution in [2.75, 3.05) is 0 Å². The summed E-state index contributed by atoms with van der Waals surface area (Å²) < 4.78 is 14.6. The summed E-state index contributed by atoms with van der Waals surface area (Å²) in [6.07, 6.45) is 1.92. The van der Waals surface area contributed by atoms with E-state index in [0.717, 1.165) is 16.4 Å². The van der Waals surface area contributed by atoms with Crippen LogP contribution in [0.25, 0.3) is 10.9 Å². The summed E-state index contributed by atoms with van der Waals surface area (Å²) in [7, 11) is 1.20. The van der Waals surface area contributed by atoms with Gasteiger partial charge in [-0.3, -0.25) is 0 Å². The van der Waals surface area contributed by atoms with E-state index in [9.17, 15) is 0 Å². The Morgan fingerprint density at radius 3 is 2.30 bits per heavy atom. The molecule has 0 atom stereocenters. The van der Waals surface area contributed by atoms with E-state index in [4.69, 9.17) is 9.31 Å². The molecule has 3 rings (SSSR count). The molecule has 0 unspecified atom stereocenters. The minimum atomic E-state index is -0.363. The normalized spacial score (nSPS) is 19.9. The number of hydrogen-bond donors (Lipinski definition) is 0. The Kier molecular flexibility index (Phi) is 4.53. The van der Waals surface area contributed by atoms with Gasteiger partial charge in [0.1, 0.15) is 0 Å². The van der Waals surface area contributed by atoms with Crippen molar-refractivity contribution >= 4 is 53.8 Å². The summed E-state index contributed by atoms with van der Waals surface area (Å²) in [6.45, 7) is 12.8. The quantitative estimate of drug-likeness (QED) is 0.523. The van der Waals surface area contributed by atoms with Gasteiger partial charge in [-0.1, -0.05) is 19.9 Å². The van der Waals surface area contributed by atoms with Crippen LogP contribution in [0.1, 0.15) is 53.0 Å². The molecule has 7 heteroatoms. The molecule has 1 fully saturated rings. The summed E-state index contributed by atoms with van der Waals surface area (Å²) in [5.41, 5.74) is 2.78. The Labute approximate surface area is 154 Å². The molecule has 1 saturated heterocycles. The third kappa shape index (κ3) is 2.83. The molecule has 1 aliphatic rings. The first-order valence-electron chi connectivity index (χ1n) is 7.83. The van der Waals surface area contributed by atoms with Crippen LogP contribution in [0, 0.1) is 0 Å². The van der Waals surface area contributed by atoms with Crippen molar-refractivity contribution in [2.24, 2.45) is 0 Å². The van der Waals surface area contributed by atoms with E-state index in [1.54, 1.807) is 9.12 Å². The molecule has 2 heterocycles. The zero-order valence-corrected chi connectivity index (χ0v) is 17.4. The fourth-order valence-electron chi connectivity index (χ4n) is 2.90. The lowest BCUT2D eigenvalue weighted by molar-refractivity contribution is 0.00578. The largest absolute Gasteiger partial charge is 0.495 e. The zero-order valence-electron chi connectivity index (χ0n) is 14.4. The third-order valence-electron chi connectivity index (χ3n) is 4.97. The second kappa shape index (κ2) is 5.93. The monoisotopic (exact) mass is 444 g/mol. The highest BCUT2D eigenvalue weighted by Crippen LogP contribution is 2.38. The maximum absolute atomic E-state index is 6.32. The molecule has 0 bridgehead atoms. The number of fused-ring (bicyclic) bond motifs is 1. The lowest BCUT2D eigenvalue weighted by Gasteiger charge is -2.32. The van der Waals surface area contributed by atoms with E-state index in [1.165, 1.54) is 5.56 Å². The van der Waals surface area contributed by atoms with Crippen LogP contribution in [-0.2, 0) is 9.31 Å². The summed E-state index contributed by atoms with van der Waals surface area (Å²) >= 11 is 2.25. The average molecular weight is 444 g/mol. The van der Waals surface area contributed by atoms with Gasteiger partial charge in [0, 0.05) is 35.7 Å². The second-order valence-corrected chi connectivity index (χ2v) is 9.00. The molecular weight excluding hydrogens is 422 g/mol. The first-order valence-corrected chi connectivity index (χ1v) is 11.1. The van der Waals surface area contributed by atoms with Gasteiger partial charge in [0.2, 0.25) is 0 Å². The van der Waals surface area contributed by atoms with E-state index < -0.39 is 0 Å². The highest BCUT2D eigenvalue weighted by atomic mass is 127. The number of aromatic nitrogens is 2. The van der Waals surface area contributed by atoms with Gasteiger partial charge >= 0.3 is 7.12 Å². The topological polar surface area (TPSA) is 36.3 Å². The fourth-order valence-corrected chi connectivity index (χ4v) is 4.16. The Balaban J connectivity index is 2.19. The molecule has 0 N–H and O–H groups in total. The number of benzene rings is 1. The highest BCUT2D eigenvalue weighted by Gasteiger charge is 2.52. The maximum atomic E-state index is 6.32. The van der Waals surface area contributed by atoms with Crippen LogP contribution in [0.4, 0.5) is 0 Å². The Hall–Kier alpha value is -0.245. The molecule has 0 aliphatic carbocycles. The molecule has 0 amide bonds. The predicted octanol–water partition coefficient (Wildman–Crippen LogP) is 4.31. The van der Waals surface area contributed by atoms with Crippen LogP contribution in [0.2, 0.25) is 0 Å². The molecule has 4 nitrogen and oxygen atoms in total. The average Bonchev–Trinajstić information content (AvgIpc) is 2.95. The van der Waals surface area contributed by atoms with Crippen LogP contribution in [0.5, 0.6) is 0 Å². The number of nitrogens with zero attached hydrogens (tertiary/aromatic N) is 2. The molecule has 1 aliphatic heterocycles. The van der Waals surface area contributed by atoms with Crippen LogP contribution in [0.15, 0.2) is 18.3 Å². The van der Waals surface area contributed by atoms with Crippen molar-refractivity contribution in [3.8, 4) is 0 Å². The molecule has 0 saturated carbocycles. The van der Waals surface area contributed by atoms with Gasteiger partial charge in [0.25, 0.3) is 0 Å². The van der Waals surface area contributed by atoms with Crippen molar-refractivity contribution in [1.82, 2.24) is 9.19 Å². The zero-order chi connectivity index (χ0) is 17.0. The third-order valence-corrected chi connectivity index (χ3v) is 6.51. The lowest BCUT2D eigenvalue weighted by Crippen LogP contribution is -2.41. The minimum absolute atomic E-state index is 0.345. The van der Waals surface area contributed by atoms with E-state index in [1.807, 2.05) is 10.3 Å².